The molecule has 1 aromatic rings. The fraction of sp³-hybridized carbons (Fsp3) is 0.529. The summed E-state index contributed by atoms with van der Waals surface area (Å²) >= 11 is 2.79. The van der Waals surface area contributed by atoms with E-state index in [2.05, 4.69) is 15.9 Å². The van der Waals surface area contributed by atoms with E-state index in [1.807, 2.05) is 0 Å². The van der Waals surface area contributed by atoms with Crippen molar-refractivity contribution in [2.24, 2.45) is 0 Å². The van der Waals surface area contributed by atoms with Crippen LogP contribution >= 0.6 is 15.9 Å². The third-order valence-corrected chi connectivity index (χ3v) is 3.31. The zero-order valence-corrected chi connectivity index (χ0v) is 17.2. The maximum absolute atomic E-state index is 13.6. The van der Waals surface area contributed by atoms with Gasteiger partial charge in [0.1, 0.15) is 17.0 Å². The van der Waals surface area contributed by atoms with Crippen molar-refractivity contribution in [3.05, 3.63) is 28.0 Å². The van der Waals surface area contributed by atoms with Crippen LogP contribution in [0.3, 0.4) is 0 Å². The molecule has 0 heterocycles. The van der Waals surface area contributed by atoms with Gasteiger partial charge in [0.05, 0.1) is 11.3 Å². The van der Waals surface area contributed by atoms with Crippen LogP contribution in [0.1, 0.15) is 47.1 Å². The number of halogens is 5. The summed E-state index contributed by atoms with van der Waals surface area (Å²) in [5.74, 6) is -1.20. The number of carbonyl (C=O) groups excluding carboxylic acids is 2. The van der Waals surface area contributed by atoms with Crippen molar-refractivity contribution in [2.45, 2.75) is 58.9 Å². The Bertz CT molecular complexity index is 708. The second kappa shape index (κ2) is 7.65. The highest BCUT2D eigenvalue weighted by molar-refractivity contribution is 9.10. The van der Waals surface area contributed by atoms with Gasteiger partial charge in [0.25, 0.3) is 0 Å². The molecular weight excluding hydrogens is 438 g/mol. The molecule has 0 aliphatic heterocycles. The molecule has 0 bridgehead atoms. The Kier molecular flexibility index (Phi) is 6.57. The minimum atomic E-state index is -5.05. The Morgan fingerprint density at radius 2 is 1.33 bits per heavy atom. The number of nitrogens with zero attached hydrogens (tertiary/aromatic N) is 1. The van der Waals surface area contributed by atoms with Crippen LogP contribution in [0.4, 0.5) is 32.8 Å². The molecule has 0 unspecified atom stereocenters. The normalized spacial score (nSPS) is 12.6. The first kappa shape index (κ1) is 23.2. The lowest BCUT2D eigenvalue weighted by Crippen LogP contribution is -2.44. The fourth-order valence-corrected chi connectivity index (χ4v) is 2.49. The molecule has 0 atom stereocenters. The highest BCUT2D eigenvalue weighted by Crippen LogP contribution is 2.42. The molecule has 1 rings (SSSR count). The Morgan fingerprint density at radius 3 is 1.67 bits per heavy atom. The fourth-order valence-electron chi connectivity index (χ4n) is 1.88. The van der Waals surface area contributed by atoms with Gasteiger partial charge in [-0.25, -0.2) is 14.0 Å². The van der Waals surface area contributed by atoms with Crippen LogP contribution in [0, 0.1) is 5.82 Å². The van der Waals surface area contributed by atoms with E-state index in [4.69, 9.17) is 9.47 Å². The van der Waals surface area contributed by atoms with Gasteiger partial charge in [-0.2, -0.15) is 18.1 Å². The van der Waals surface area contributed by atoms with Crippen molar-refractivity contribution in [3.63, 3.8) is 0 Å². The summed E-state index contributed by atoms with van der Waals surface area (Å²) in [5.41, 5.74) is -4.68. The first-order valence-corrected chi connectivity index (χ1v) is 8.54. The standard InChI is InChI=1S/C17H20BrF4NO4/c1-15(2,3)26-13(24)23(14(25)27-16(4,5)6)12-10(17(20,21)22)7-9(19)8-11(12)18/h7-8H,1-6H3. The Hall–Kier alpha value is -1.84. The van der Waals surface area contributed by atoms with Gasteiger partial charge in [-0.15, -0.1) is 0 Å². The smallest absolute Gasteiger partial charge is 0.424 e. The van der Waals surface area contributed by atoms with Crippen molar-refractivity contribution in [3.8, 4) is 0 Å². The molecule has 0 N–H and O–H groups in total. The molecule has 27 heavy (non-hydrogen) atoms. The number of benzene rings is 1. The van der Waals surface area contributed by atoms with E-state index in [1.54, 1.807) is 0 Å². The zero-order valence-electron chi connectivity index (χ0n) is 15.6. The summed E-state index contributed by atoms with van der Waals surface area (Å²) in [6.45, 7) is 8.85. The molecule has 10 heteroatoms. The minimum Gasteiger partial charge on any atom is -0.443 e. The molecule has 152 valence electrons. The average molecular weight is 458 g/mol. The first-order valence-electron chi connectivity index (χ1n) is 7.75. The lowest BCUT2D eigenvalue weighted by Gasteiger charge is -2.30. The van der Waals surface area contributed by atoms with E-state index in [1.165, 1.54) is 41.5 Å². The zero-order chi connectivity index (χ0) is 21.4. The molecule has 2 amide bonds. The number of amides is 2. The quantitative estimate of drug-likeness (QED) is 0.465. The lowest BCUT2D eigenvalue weighted by molar-refractivity contribution is -0.137. The van der Waals surface area contributed by atoms with Crippen molar-refractivity contribution in [1.29, 1.82) is 0 Å². The molecule has 1 aromatic carbocycles. The summed E-state index contributed by atoms with van der Waals surface area (Å²) in [6, 6.07) is 0.883. The molecule has 0 saturated carbocycles. The van der Waals surface area contributed by atoms with E-state index < -0.39 is 51.1 Å². The highest BCUT2D eigenvalue weighted by atomic mass is 79.9. The number of rotatable bonds is 1. The van der Waals surface area contributed by atoms with Gasteiger partial charge in [-0.3, -0.25) is 0 Å². The van der Waals surface area contributed by atoms with E-state index in [0.29, 0.717) is 6.07 Å². The monoisotopic (exact) mass is 457 g/mol. The van der Waals surface area contributed by atoms with Crippen LogP contribution in [0.5, 0.6) is 0 Å². The van der Waals surface area contributed by atoms with Gasteiger partial charge in [0, 0.05) is 4.47 Å². The van der Waals surface area contributed by atoms with Crippen molar-refractivity contribution in [1.82, 2.24) is 0 Å². The summed E-state index contributed by atoms with van der Waals surface area (Å²) in [4.78, 5) is 25.1. The Balaban J connectivity index is 3.65. The number of imide groups is 1. The van der Waals surface area contributed by atoms with Crippen molar-refractivity contribution in [2.75, 3.05) is 4.90 Å². The maximum Gasteiger partial charge on any atom is 0.424 e. The van der Waals surface area contributed by atoms with E-state index in [0.717, 1.165) is 0 Å². The van der Waals surface area contributed by atoms with Crippen LogP contribution in [-0.4, -0.2) is 23.4 Å². The van der Waals surface area contributed by atoms with Crippen LogP contribution in [0.2, 0.25) is 0 Å². The lowest BCUT2D eigenvalue weighted by atomic mass is 10.1. The summed E-state index contributed by atoms with van der Waals surface area (Å²) in [5, 5.41) is 0. The maximum atomic E-state index is 13.6. The molecule has 5 nitrogen and oxygen atoms in total. The van der Waals surface area contributed by atoms with Crippen LogP contribution in [0.25, 0.3) is 0 Å². The molecule has 0 aromatic heterocycles. The molecule has 0 spiro atoms. The van der Waals surface area contributed by atoms with Gasteiger partial charge in [0.15, 0.2) is 0 Å². The van der Waals surface area contributed by atoms with Crippen LogP contribution in [-0.2, 0) is 15.7 Å². The van der Waals surface area contributed by atoms with E-state index in [9.17, 15) is 27.2 Å². The average Bonchev–Trinajstić information content (AvgIpc) is 2.35. The van der Waals surface area contributed by atoms with Crippen LogP contribution < -0.4 is 4.90 Å². The summed E-state index contributed by atoms with van der Waals surface area (Å²) < 4.78 is 63.6. The number of ether oxygens (including phenoxy) is 2. The number of alkyl halides is 3. The van der Waals surface area contributed by atoms with Crippen LogP contribution in [0.15, 0.2) is 16.6 Å². The van der Waals surface area contributed by atoms with Gasteiger partial charge >= 0.3 is 18.4 Å². The largest absolute Gasteiger partial charge is 0.443 e. The highest BCUT2D eigenvalue weighted by Gasteiger charge is 2.42. The molecule has 0 fully saturated rings. The number of hydrogen-bond acceptors (Lipinski definition) is 4. The topological polar surface area (TPSA) is 55.8 Å². The summed E-state index contributed by atoms with van der Waals surface area (Å²) in [6.07, 6.45) is -7.84. The SMILES string of the molecule is CC(C)(C)OC(=O)N(C(=O)OC(C)(C)C)c1c(Br)cc(F)cc1C(F)(F)F. The molecule has 0 aliphatic carbocycles. The second-order valence-corrected chi connectivity index (χ2v) is 8.43. The molecule has 0 aliphatic rings. The molecule has 0 radical (unpaired) electrons. The third kappa shape index (κ3) is 6.67. The predicted octanol–water partition coefficient (Wildman–Crippen LogP) is 6.28. The van der Waals surface area contributed by atoms with Gasteiger partial charge in [0.2, 0.25) is 0 Å². The molecule has 0 saturated heterocycles. The predicted molar refractivity (Wildman–Crippen MR) is 94.0 cm³/mol. The Morgan fingerprint density at radius 1 is 0.926 bits per heavy atom. The van der Waals surface area contributed by atoms with Gasteiger partial charge in [-0.05, 0) is 69.6 Å². The van der Waals surface area contributed by atoms with E-state index in [-0.39, 0.29) is 11.0 Å². The number of anilines is 1. The van der Waals surface area contributed by atoms with E-state index >= 15 is 0 Å². The number of hydrogen-bond donors (Lipinski definition) is 0. The third-order valence-electron chi connectivity index (χ3n) is 2.71. The molecular formula is C17H20BrF4NO4. The minimum absolute atomic E-state index is 0.100. The van der Waals surface area contributed by atoms with Crippen molar-refractivity contribution >= 4 is 33.8 Å². The second-order valence-electron chi connectivity index (χ2n) is 7.58. The number of carbonyl (C=O) groups is 2. The Labute approximate surface area is 162 Å². The van der Waals surface area contributed by atoms with Gasteiger partial charge < -0.3 is 9.47 Å². The van der Waals surface area contributed by atoms with Gasteiger partial charge in [-0.1, -0.05) is 0 Å². The first-order chi connectivity index (χ1) is 11.9. The summed E-state index contributed by atoms with van der Waals surface area (Å²) in [7, 11) is 0. The van der Waals surface area contributed by atoms with Crippen molar-refractivity contribution < 1.29 is 36.6 Å².